The Balaban J connectivity index is 1.95. The molecule has 12 nitrogen and oxygen atoms in total. The van der Waals surface area contributed by atoms with Crippen LogP contribution in [-0.2, 0) is 39.9 Å². The molecule has 0 radical (unpaired) electrons. The van der Waals surface area contributed by atoms with Gasteiger partial charge in [0.2, 0.25) is 17.7 Å². The second-order valence-corrected chi connectivity index (χ2v) is 11.5. The van der Waals surface area contributed by atoms with Gasteiger partial charge in [-0.05, 0) is 69.7 Å². The number of methoxy groups -OCH3 is 1. The van der Waals surface area contributed by atoms with E-state index in [1.807, 2.05) is 36.4 Å². The molecular formula is C33H45N5O7. The number of benzene rings is 1. The van der Waals surface area contributed by atoms with E-state index in [2.05, 4.69) is 20.9 Å². The number of carbonyl (C=O) groups is 5. The van der Waals surface area contributed by atoms with Gasteiger partial charge in [-0.25, -0.2) is 4.79 Å². The fourth-order valence-corrected chi connectivity index (χ4v) is 4.14. The SMILES string of the molecule is COC(=O)CC[C@H](NC(=O)[C@@H](N)CCCCNC(=O)/C=C/c1cccnc1)C(=O)N[C@@H](Cc1ccccc1)C(=O)OC(C)(C)C. The van der Waals surface area contributed by atoms with Gasteiger partial charge in [-0.1, -0.05) is 36.4 Å². The van der Waals surface area contributed by atoms with Crippen LogP contribution in [0.4, 0.5) is 0 Å². The minimum atomic E-state index is -1.16. The molecule has 45 heavy (non-hydrogen) atoms. The first-order valence-electron chi connectivity index (χ1n) is 14.9. The van der Waals surface area contributed by atoms with Crippen molar-refractivity contribution in [1.82, 2.24) is 20.9 Å². The van der Waals surface area contributed by atoms with Crippen LogP contribution in [0, 0.1) is 0 Å². The number of amides is 3. The molecule has 0 fully saturated rings. The molecule has 0 unspecified atom stereocenters. The van der Waals surface area contributed by atoms with Gasteiger partial charge >= 0.3 is 11.9 Å². The molecule has 244 valence electrons. The Kier molecular flexibility index (Phi) is 15.4. The molecule has 0 spiro atoms. The molecule has 0 aliphatic rings. The minimum Gasteiger partial charge on any atom is -0.469 e. The van der Waals surface area contributed by atoms with Crippen LogP contribution >= 0.6 is 0 Å². The number of aromatic nitrogens is 1. The minimum absolute atomic E-state index is 0.0675. The predicted octanol–water partition coefficient (Wildman–Crippen LogP) is 2.22. The highest BCUT2D eigenvalue weighted by Gasteiger charge is 2.31. The van der Waals surface area contributed by atoms with Gasteiger partial charge < -0.3 is 31.2 Å². The van der Waals surface area contributed by atoms with E-state index in [0.717, 1.165) is 11.1 Å². The Labute approximate surface area is 264 Å². The van der Waals surface area contributed by atoms with Crippen molar-refractivity contribution in [3.8, 4) is 0 Å². The van der Waals surface area contributed by atoms with Crippen molar-refractivity contribution in [2.24, 2.45) is 5.73 Å². The molecule has 2 aromatic rings. The first kappa shape index (κ1) is 36.6. The lowest BCUT2D eigenvalue weighted by molar-refractivity contribution is -0.158. The normalized spacial score (nSPS) is 13.3. The Bertz CT molecular complexity index is 1280. The number of esters is 2. The third kappa shape index (κ3) is 15.1. The van der Waals surface area contributed by atoms with Crippen LogP contribution in [0.3, 0.4) is 0 Å². The smallest absolute Gasteiger partial charge is 0.329 e. The Morgan fingerprint density at radius 3 is 2.29 bits per heavy atom. The fourth-order valence-electron chi connectivity index (χ4n) is 4.14. The number of nitrogens with two attached hydrogens (primary N) is 1. The van der Waals surface area contributed by atoms with Crippen molar-refractivity contribution in [3.63, 3.8) is 0 Å². The number of hydrogen-bond donors (Lipinski definition) is 4. The molecule has 3 atom stereocenters. The zero-order valence-corrected chi connectivity index (χ0v) is 26.4. The van der Waals surface area contributed by atoms with E-state index >= 15 is 0 Å². The topological polar surface area (TPSA) is 179 Å². The van der Waals surface area contributed by atoms with Crippen molar-refractivity contribution in [2.45, 2.75) is 83.0 Å². The van der Waals surface area contributed by atoms with E-state index in [4.69, 9.17) is 15.2 Å². The van der Waals surface area contributed by atoms with Crippen molar-refractivity contribution < 1.29 is 33.4 Å². The summed E-state index contributed by atoms with van der Waals surface area (Å²) >= 11 is 0. The van der Waals surface area contributed by atoms with E-state index in [1.54, 1.807) is 45.3 Å². The van der Waals surface area contributed by atoms with E-state index in [0.29, 0.717) is 25.8 Å². The molecule has 1 heterocycles. The van der Waals surface area contributed by atoms with Gasteiger partial charge in [-0.3, -0.25) is 24.2 Å². The number of nitrogens with zero attached hydrogens (tertiary/aromatic N) is 1. The lowest BCUT2D eigenvalue weighted by Crippen LogP contribution is -2.55. The van der Waals surface area contributed by atoms with Crippen LogP contribution in [0.15, 0.2) is 60.9 Å². The molecule has 0 bridgehead atoms. The zero-order valence-electron chi connectivity index (χ0n) is 26.4. The molecule has 0 aliphatic carbocycles. The van der Waals surface area contributed by atoms with E-state index in [1.165, 1.54) is 13.2 Å². The molecule has 0 saturated carbocycles. The van der Waals surface area contributed by atoms with Crippen molar-refractivity contribution >= 4 is 35.7 Å². The summed E-state index contributed by atoms with van der Waals surface area (Å²) in [7, 11) is 1.23. The van der Waals surface area contributed by atoms with E-state index < -0.39 is 47.5 Å². The highest BCUT2D eigenvalue weighted by atomic mass is 16.6. The Morgan fingerprint density at radius 1 is 0.933 bits per heavy atom. The highest BCUT2D eigenvalue weighted by Crippen LogP contribution is 2.13. The first-order valence-corrected chi connectivity index (χ1v) is 14.9. The van der Waals surface area contributed by atoms with Gasteiger partial charge in [0.1, 0.15) is 17.7 Å². The fraction of sp³-hybridized carbons (Fsp3) is 0.455. The van der Waals surface area contributed by atoms with Crippen LogP contribution in [-0.4, -0.2) is 72.0 Å². The van der Waals surface area contributed by atoms with Crippen molar-refractivity contribution in [2.75, 3.05) is 13.7 Å². The van der Waals surface area contributed by atoms with Gasteiger partial charge in [-0.15, -0.1) is 0 Å². The zero-order chi connectivity index (χ0) is 33.2. The number of hydrogen-bond acceptors (Lipinski definition) is 9. The summed E-state index contributed by atoms with van der Waals surface area (Å²) in [6.07, 6.45) is 7.74. The van der Waals surface area contributed by atoms with E-state index in [9.17, 15) is 24.0 Å². The third-order valence-corrected chi connectivity index (χ3v) is 6.48. The summed E-state index contributed by atoms with van der Waals surface area (Å²) in [6, 6.07) is 9.59. The lowest BCUT2D eigenvalue weighted by atomic mass is 10.0. The average molecular weight is 624 g/mol. The van der Waals surface area contributed by atoms with Crippen LogP contribution in [0.5, 0.6) is 0 Å². The van der Waals surface area contributed by atoms with Crippen molar-refractivity contribution in [3.05, 3.63) is 72.1 Å². The molecule has 0 saturated heterocycles. The van der Waals surface area contributed by atoms with Crippen LogP contribution in [0.2, 0.25) is 0 Å². The van der Waals surface area contributed by atoms with Crippen LogP contribution in [0.25, 0.3) is 6.08 Å². The first-order chi connectivity index (χ1) is 21.4. The van der Waals surface area contributed by atoms with Crippen LogP contribution in [0.1, 0.15) is 64.0 Å². The number of rotatable bonds is 17. The molecule has 5 N–H and O–H groups in total. The summed E-state index contributed by atoms with van der Waals surface area (Å²) in [6.45, 7) is 5.56. The largest absolute Gasteiger partial charge is 0.469 e. The standard InChI is InChI=1S/C33H45N5O7/c1-33(2,3)45-32(43)27(21-23-11-6-5-7-12-23)38-31(42)26(16-18-29(40)44-4)37-30(41)25(34)14-8-9-20-36-28(39)17-15-24-13-10-19-35-22-24/h5-7,10-13,15,17,19,22,25-27H,8-9,14,16,18,20-21,34H2,1-4H3,(H,36,39)(H,37,41)(H,38,42)/b17-15+/t25-,26-,27-/m0/s1. The Hall–Kier alpha value is -4.58. The average Bonchev–Trinajstić information content (AvgIpc) is 3.01. The molecule has 1 aromatic heterocycles. The molecule has 2 rings (SSSR count). The van der Waals surface area contributed by atoms with Gasteiger partial charge in [0, 0.05) is 37.9 Å². The summed E-state index contributed by atoms with van der Waals surface area (Å²) in [5.74, 6) is -2.68. The summed E-state index contributed by atoms with van der Waals surface area (Å²) in [5, 5.41) is 8.09. The van der Waals surface area contributed by atoms with Crippen LogP contribution < -0.4 is 21.7 Å². The molecule has 1 aromatic carbocycles. The number of nitrogens with one attached hydrogen (secondary N) is 3. The lowest BCUT2D eigenvalue weighted by Gasteiger charge is -2.27. The molecule has 12 heteroatoms. The third-order valence-electron chi connectivity index (χ3n) is 6.48. The summed E-state index contributed by atoms with van der Waals surface area (Å²) < 4.78 is 10.2. The maximum absolute atomic E-state index is 13.4. The van der Waals surface area contributed by atoms with Gasteiger partial charge in [0.25, 0.3) is 0 Å². The summed E-state index contributed by atoms with van der Waals surface area (Å²) in [4.78, 5) is 67.2. The quantitative estimate of drug-likeness (QED) is 0.117. The molecular weight excluding hydrogens is 578 g/mol. The number of pyridine rings is 1. The number of unbranched alkanes of at least 4 members (excludes halogenated alkanes) is 1. The second kappa shape index (κ2) is 18.9. The second-order valence-electron chi connectivity index (χ2n) is 11.5. The monoisotopic (exact) mass is 623 g/mol. The Morgan fingerprint density at radius 2 is 1.64 bits per heavy atom. The maximum atomic E-state index is 13.4. The number of carbonyl (C=O) groups excluding carboxylic acids is 5. The predicted molar refractivity (Wildman–Crippen MR) is 169 cm³/mol. The maximum Gasteiger partial charge on any atom is 0.329 e. The molecule has 3 amide bonds. The highest BCUT2D eigenvalue weighted by molar-refractivity contribution is 5.93. The number of ether oxygens (including phenoxy) is 2. The van der Waals surface area contributed by atoms with Crippen molar-refractivity contribution in [1.29, 1.82) is 0 Å². The van der Waals surface area contributed by atoms with Gasteiger partial charge in [-0.2, -0.15) is 0 Å². The summed E-state index contributed by atoms with van der Waals surface area (Å²) in [5.41, 5.74) is 6.92. The van der Waals surface area contributed by atoms with Gasteiger partial charge in [0.15, 0.2) is 0 Å². The van der Waals surface area contributed by atoms with Gasteiger partial charge in [0.05, 0.1) is 13.2 Å². The van der Waals surface area contributed by atoms with E-state index in [-0.39, 0.29) is 25.2 Å². The molecule has 0 aliphatic heterocycles.